The highest BCUT2D eigenvalue weighted by Crippen LogP contribution is 2.17. The van der Waals surface area contributed by atoms with Crippen molar-refractivity contribution >= 4 is 29.9 Å². The molecular weight excluding hydrogens is 489 g/mol. The van der Waals surface area contributed by atoms with Gasteiger partial charge in [0.25, 0.3) is 0 Å². The van der Waals surface area contributed by atoms with E-state index in [0.717, 1.165) is 43.3 Å². The van der Waals surface area contributed by atoms with Crippen molar-refractivity contribution in [2.24, 2.45) is 4.99 Å². The number of benzene rings is 2. The smallest absolute Gasteiger partial charge is 0.191 e. The summed E-state index contributed by atoms with van der Waals surface area (Å²) in [6, 6.07) is 18.2. The summed E-state index contributed by atoms with van der Waals surface area (Å²) < 4.78 is 7.32. The van der Waals surface area contributed by atoms with Crippen molar-refractivity contribution in [2.45, 2.75) is 19.8 Å². The summed E-state index contributed by atoms with van der Waals surface area (Å²) in [7, 11) is 1.70. The third-order valence-electron chi connectivity index (χ3n) is 4.55. The van der Waals surface area contributed by atoms with Gasteiger partial charge in [-0.15, -0.1) is 24.0 Å². The Morgan fingerprint density at radius 2 is 1.80 bits per heavy atom. The monoisotopic (exact) mass is 519 g/mol. The maximum atomic E-state index is 5.41. The van der Waals surface area contributed by atoms with Gasteiger partial charge in [0.05, 0.1) is 19.0 Å². The zero-order chi connectivity index (χ0) is 20.3. The minimum Gasteiger partial charge on any atom is -0.496 e. The molecule has 2 aromatic carbocycles. The Morgan fingerprint density at radius 3 is 2.57 bits per heavy atom. The molecule has 3 rings (SSSR count). The topological polar surface area (TPSA) is 63.5 Å². The lowest BCUT2D eigenvalue weighted by Gasteiger charge is -2.11. The average Bonchev–Trinajstić information content (AvgIpc) is 3.24. The van der Waals surface area contributed by atoms with E-state index < -0.39 is 0 Å². The summed E-state index contributed by atoms with van der Waals surface area (Å²) in [6.07, 6.45) is 5.71. The van der Waals surface area contributed by atoms with Gasteiger partial charge in [0.2, 0.25) is 0 Å². The molecule has 0 aliphatic heterocycles. The third kappa shape index (κ3) is 7.05. The van der Waals surface area contributed by atoms with E-state index in [-0.39, 0.29) is 24.0 Å². The third-order valence-corrected chi connectivity index (χ3v) is 4.55. The maximum Gasteiger partial charge on any atom is 0.191 e. The van der Waals surface area contributed by atoms with E-state index in [1.165, 1.54) is 11.1 Å². The van der Waals surface area contributed by atoms with Gasteiger partial charge < -0.3 is 15.4 Å². The molecule has 0 saturated carbocycles. The van der Waals surface area contributed by atoms with Gasteiger partial charge in [0.15, 0.2) is 5.96 Å². The summed E-state index contributed by atoms with van der Waals surface area (Å²) in [4.78, 5) is 4.69. The first-order chi connectivity index (χ1) is 14.3. The van der Waals surface area contributed by atoms with Crippen LogP contribution in [0, 0.1) is 0 Å². The molecule has 3 aromatic rings. The maximum absolute atomic E-state index is 5.41. The molecule has 0 amide bonds. The van der Waals surface area contributed by atoms with Crippen LogP contribution < -0.4 is 15.4 Å². The number of hydrogen-bond donors (Lipinski definition) is 2. The Bertz CT molecular complexity index is 911. The van der Waals surface area contributed by atoms with E-state index in [2.05, 4.69) is 39.9 Å². The number of methoxy groups -OCH3 is 1. The Labute approximate surface area is 195 Å². The molecule has 7 heteroatoms. The van der Waals surface area contributed by atoms with Crippen LogP contribution in [0.4, 0.5) is 0 Å². The lowest BCUT2D eigenvalue weighted by molar-refractivity contribution is 0.410. The largest absolute Gasteiger partial charge is 0.496 e. The molecule has 0 radical (unpaired) electrons. The molecule has 0 atom stereocenters. The number of hydrogen-bond acceptors (Lipinski definition) is 3. The highest BCUT2D eigenvalue weighted by Gasteiger charge is 2.04. The van der Waals surface area contributed by atoms with Gasteiger partial charge in [-0.2, -0.15) is 5.10 Å². The van der Waals surface area contributed by atoms with E-state index in [1.807, 2.05) is 59.4 Å². The summed E-state index contributed by atoms with van der Waals surface area (Å²) in [5, 5.41) is 11.2. The number of guanidine groups is 1. The molecule has 0 aliphatic carbocycles. The molecule has 0 unspecified atom stereocenters. The van der Waals surface area contributed by atoms with E-state index in [4.69, 9.17) is 4.74 Å². The predicted molar refractivity (Wildman–Crippen MR) is 133 cm³/mol. The van der Waals surface area contributed by atoms with Crippen LogP contribution in [0.5, 0.6) is 5.75 Å². The van der Waals surface area contributed by atoms with Crippen LogP contribution in [0.2, 0.25) is 0 Å². The zero-order valence-electron chi connectivity index (χ0n) is 17.5. The van der Waals surface area contributed by atoms with Gasteiger partial charge in [-0.1, -0.05) is 36.4 Å². The normalized spacial score (nSPS) is 10.9. The number of aliphatic imine (C=N–C) groups is 1. The van der Waals surface area contributed by atoms with Crippen LogP contribution in [-0.2, 0) is 12.8 Å². The first-order valence-corrected chi connectivity index (χ1v) is 10.0. The van der Waals surface area contributed by atoms with Crippen molar-refractivity contribution in [3.05, 3.63) is 78.1 Å². The van der Waals surface area contributed by atoms with Crippen molar-refractivity contribution in [2.75, 3.05) is 26.7 Å². The zero-order valence-corrected chi connectivity index (χ0v) is 19.9. The Balaban J connectivity index is 0.00000320. The van der Waals surface area contributed by atoms with Gasteiger partial charge in [-0.05, 0) is 49.1 Å². The van der Waals surface area contributed by atoms with E-state index >= 15 is 0 Å². The number of para-hydroxylation sites is 2. The van der Waals surface area contributed by atoms with Crippen LogP contribution in [0.25, 0.3) is 5.69 Å². The Morgan fingerprint density at radius 1 is 1.03 bits per heavy atom. The predicted octanol–water partition coefficient (Wildman–Crippen LogP) is 3.84. The number of ether oxygens (including phenoxy) is 1. The van der Waals surface area contributed by atoms with Crippen molar-refractivity contribution < 1.29 is 4.74 Å². The second-order valence-corrected chi connectivity index (χ2v) is 6.63. The van der Waals surface area contributed by atoms with Gasteiger partial charge in [0, 0.05) is 25.8 Å². The van der Waals surface area contributed by atoms with E-state index in [0.29, 0.717) is 6.54 Å². The molecule has 0 bridgehead atoms. The lowest BCUT2D eigenvalue weighted by atomic mass is 10.1. The van der Waals surface area contributed by atoms with Gasteiger partial charge in [-0.3, -0.25) is 4.99 Å². The van der Waals surface area contributed by atoms with Gasteiger partial charge >= 0.3 is 0 Å². The molecule has 0 saturated heterocycles. The average molecular weight is 519 g/mol. The second-order valence-electron chi connectivity index (χ2n) is 6.63. The molecule has 1 aromatic heterocycles. The van der Waals surface area contributed by atoms with Crippen LogP contribution >= 0.6 is 24.0 Å². The number of halogens is 1. The molecule has 0 spiro atoms. The van der Waals surface area contributed by atoms with Crippen LogP contribution in [0.1, 0.15) is 18.1 Å². The quantitative estimate of drug-likeness (QED) is 0.256. The molecule has 6 nitrogen and oxygen atoms in total. The minimum atomic E-state index is 0. The summed E-state index contributed by atoms with van der Waals surface area (Å²) in [5.41, 5.74) is 3.42. The fourth-order valence-corrected chi connectivity index (χ4v) is 3.08. The summed E-state index contributed by atoms with van der Waals surface area (Å²) in [6.45, 7) is 4.39. The van der Waals surface area contributed by atoms with Gasteiger partial charge in [-0.25, -0.2) is 4.68 Å². The van der Waals surface area contributed by atoms with Crippen molar-refractivity contribution in [3.63, 3.8) is 0 Å². The summed E-state index contributed by atoms with van der Waals surface area (Å²) >= 11 is 0. The van der Waals surface area contributed by atoms with Crippen molar-refractivity contribution in [1.82, 2.24) is 20.4 Å². The SMILES string of the molecule is CCNC(=NCCc1ccccc1OC)NCCc1cnn(-c2ccccc2)c1.I. The minimum absolute atomic E-state index is 0. The van der Waals surface area contributed by atoms with Crippen molar-refractivity contribution in [1.29, 1.82) is 0 Å². The highest BCUT2D eigenvalue weighted by molar-refractivity contribution is 14.0. The fourth-order valence-electron chi connectivity index (χ4n) is 3.08. The molecule has 1 heterocycles. The molecule has 0 aliphatic rings. The lowest BCUT2D eigenvalue weighted by Crippen LogP contribution is -2.38. The molecule has 0 fully saturated rings. The number of nitrogens with one attached hydrogen (secondary N) is 2. The van der Waals surface area contributed by atoms with Crippen LogP contribution in [0.3, 0.4) is 0 Å². The Hall–Kier alpha value is -2.55. The molecule has 160 valence electrons. The fraction of sp³-hybridized carbons (Fsp3) is 0.304. The Kier molecular flexibility index (Phi) is 10.2. The first kappa shape index (κ1) is 23.7. The van der Waals surface area contributed by atoms with Crippen molar-refractivity contribution in [3.8, 4) is 11.4 Å². The second kappa shape index (κ2) is 12.9. The highest BCUT2D eigenvalue weighted by atomic mass is 127. The molecule has 30 heavy (non-hydrogen) atoms. The number of nitrogens with zero attached hydrogens (tertiary/aromatic N) is 3. The molecule has 2 N–H and O–H groups in total. The van der Waals surface area contributed by atoms with Crippen LogP contribution in [-0.4, -0.2) is 42.5 Å². The van der Waals surface area contributed by atoms with E-state index in [1.54, 1.807) is 7.11 Å². The summed E-state index contributed by atoms with van der Waals surface area (Å²) in [5.74, 6) is 1.74. The van der Waals surface area contributed by atoms with E-state index in [9.17, 15) is 0 Å². The van der Waals surface area contributed by atoms with Crippen LogP contribution in [0.15, 0.2) is 72.0 Å². The number of aromatic nitrogens is 2. The molecular formula is C23H30IN5O. The standard InChI is InChI=1S/C23H29N5O.HI/c1-3-24-23(26-16-14-20-9-7-8-12-22(20)29-2)25-15-13-19-17-27-28(18-19)21-10-5-4-6-11-21;/h4-12,17-18H,3,13-16H2,1-2H3,(H2,24,25,26);1H. The first-order valence-electron chi connectivity index (χ1n) is 10.0. The number of rotatable bonds is 9. The van der Waals surface area contributed by atoms with Gasteiger partial charge in [0.1, 0.15) is 5.75 Å².